The average molecular weight is 413 g/mol. The first kappa shape index (κ1) is 21.3. The van der Waals surface area contributed by atoms with Gasteiger partial charge in [-0.3, -0.25) is 9.59 Å². The molecule has 0 radical (unpaired) electrons. The summed E-state index contributed by atoms with van der Waals surface area (Å²) in [6.45, 7) is 2.40. The molecule has 30 heavy (non-hydrogen) atoms. The van der Waals surface area contributed by atoms with Crippen LogP contribution >= 0.6 is 0 Å². The molecule has 8 heteroatoms. The van der Waals surface area contributed by atoms with Crippen LogP contribution in [0.2, 0.25) is 0 Å². The molecule has 156 valence electrons. The Morgan fingerprint density at radius 2 is 1.87 bits per heavy atom. The van der Waals surface area contributed by atoms with Crippen molar-refractivity contribution in [1.29, 1.82) is 0 Å². The summed E-state index contributed by atoms with van der Waals surface area (Å²) in [6.07, 6.45) is 1.56. The van der Waals surface area contributed by atoms with Crippen molar-refractivity contribution in [2.45, 2.75) is 32.2 Å². The van der Waals surface area contributed by atoms with Crippen LogP contribution in [-0.4, -0.2) is 27.7 Å². The molecule has 3 aromatic rings. The summed E-state index contributed by atoms with van der Waals surface area (Å²) in [5.74, 6) is -2.80. The molecule has 0 aliphatic carbocycles. The van der Waals surface area contributed by atoms with Gasteiger partial charge in [0.25, 0.3) is 11.5 Å². The van der Waals surface area contributed by atoms with E-state index in [1.165, 1.54) is 37.4 Å². The lowest BCUT2D eigenvalue weighted by Gasteiger charge is -2.15. The van der Waals surface area contributed by atoms with Gasteiger partial charge in [-0.25, -0.2) is 18.4 Å². The minimum absolute atomic E-state index is 0.00183. The van der Waals surface area contributed by atoms with E-state index < -0.39 is 17.5 Å². The maximum Gasteiger partial charge on any atom is 0.270 e. The van der Waals surface area contributed by atoms with Crippen LogP contribution in [0.4, 0.5) is 8.78 Å². The first-order valence-corrected chi connectivity index (χ1v) is 9.29. The third-order valence-electron chi connectivity index (χ3n) is 4.74. The van der Waals surface area contributed by atoms with E-state index in [-0.39, 0.29) is 17.8 Å². The predicted octanol–water partition coefficient (Wildman–Crippen LogP) is 3.80. The lowest BCUT2D eigenvalue weighted by Crippen LogP contribution is -2.30. The highest BCUT2D eigenvalue weighted by Gasteiger charge is 2.24. The fourth-order valence-corrected chi connectivity index (χ4v) is 2.94. The second-order valence-electron chi connectivity index (χ2n) is 6.99. The van der Waals surface area contributed by atoms with Crippen molar-refractivity contribution >= 4 is 5.78 Å². The first-order chi connectivity index (χ1) is 14.2. The van der Waals surface area contributed by atoms with Gasteiger partial charge in [-0.15, -0.1) is 0 Å². The molecule has 1 atom stereocenters. The van der Waals surface area contributed by atoms with Gasteiger partial charge in [-0.05, 0) is 24.6 Å². The average Bonchev–Trinajstić information content (AvgIpc) is 2.73. The summed E-state index contributed by atoms with van der Waals surface area (Å²) < 4.78 is 32.9. The number of carbonyl (C=O) groups excluding carboxylic acids is 1. The lowest BCUT2D eigenvalue weighted by atomic mass is 10.0. The fourth-order valence-electron chi connectivity index (χ4n) is 2.94. The summed E-state index contributed by atoms with van der Waals surface area (Å²) in [5, 5.41) is 4.33. The van der Waals surface area contributed by atoms with Crippen molar-refractivity contribution in [3.8, 4) is 17.1 Å². The van der Waals surface area contributed by atoms with Crippen molar-refractivity contribution in [3.05, 3.63) is 76.2 Å². The van der Waals surface area contributed by atoms with Crippen LogP contribution in [0.25, 0.3) is 11.3 Å². The van der Waals surface area contributed by atoms with Crippen LogP contribution in [0.3, 0.4) is 0 Å². The number of benzene rings is 1. The molecule has 2 aromatic heterocycles. The number of halogens is 2. The first-order valence-electron chi connectivity index (χ1n) is 9.29. The second-order valence-corrected chi connectivity index (χ2v) is 6.99. The van der Waals surface area contributed by atoms with Crippen LogP contribution in [0.1, 0.15) is 31.0 Å². The van der Waals surface area contributed by atoms with E-state index >= 15 is 0 Å². The molecule has 0 saturated carbocycles. The van der Waals surface area contributed by atoms with E-state index in [0.717, 1.165) is 11.6 Å². The zero-order valence-corrected chi connectivity index (χ0v) is 16.8. The quantitative estimate of drug-likeness (QED) is 0.589. The molecule has 6 nitrogen and oxygen atoms in total. The molecule has 0 aliphatic rings. The number of aromatic nitrogens is 3. The summed E-state index contributed by atoms with van der Waals surface area (Å²) >= 11 is 0. The molecule has 1 unspecified atom stereocenters. The Hall–Kier alpha value is -3.42. The molecule has 0 aliphatic heterocycles. The van der Waals surface area contributed by atoms with Crippen LogP contribution in [0, 0.1) is 0 Å². The van der Waals surface area contributed by atoms with Gasteiger partial charge in [0.1, 0.15) is 6.04 Å². The van der Waals surface area contributed by atoms with Crippen molar-refractivity contribution in [2.75, 3.05) is 7.11 Å². The number of methoxy groups -OCH3 is 1. The Morgan fingerprint density at radius 3 is 2.50 bits per heavy atom. The number of ketones is 1. The minimum atomic E-state index is -2.94. The number of rotatable bonds is 7. The SMILES string of the molecule is COc1cc(-c2ccc(=O)n(C(C)C(=O)Cc3ccc(C(C)(F)F)cc3)n2)ccn1. The molecule has 2 heterocycles. The number of ether oxygens (including phenoxy) is 1. The van der Waals surface area contributed by atoms with Crippen LogP contribution in [0.5, 0.6) is 5.88 Å². The van der Waals surface area contributed by atoms with E-state index in [1.807, 2.05) is 0 Å². The van der Waals surface area contributed by atoms with Gasteiger partial charge in [-0.2, -0.15) is 5.10 Å². The number of pyridine rings is 1. The number of hydrogen-bond acceptors (Lipinski definition) is 5. The van der Waals surface area contributed by atoms with Crippen LogP contribution in [0.15, 0.2) is 59.5 Å². The molecular formula is C22H21F2N3O3. The highest BCUT2D eigenvalue weighted by atomic mass is 19.3. The van der Waals surface area contributed by atoms with Crippen LogP contribution in [-0.2, 0) is 17.1 Å². The van der Waals surface area contributed by atoms with Crippen LogP contribution < -0.4 is 10.3 Å². The van der Waals surface area contributed by atoms with Crippen molar-refractivity contribution in [1.82, 2.24) is 14.8 Å². The van der Waals surface area contributed by atoms with Gasteiger partial charge in [-0.1, -0.05) is 24.3 Å². The molecular weight excluding hydrogens is 392 g/mol. The minimum Gasteiger partial charge on any atom is -0.481 e. The van der Waals surface area contributed by atoms with E-state index in [9.17, 15) is 18.4 Å². The third-order valence-corrected chi connectivity index (χ3v) is 4.74. The maximum absolute atomic E-state index is 13.3. The number of alkyl halides is 2. The molecule has 0 bridgehead atoms. The third kappa shape index (κ3) is 4.76. The van der Waals surface area contributed by atoms with E-state index in [2.05, 4.69) is 10.1 Å². The smallest absolute Gasteiger partial charge is 0.270 e. The summed E-state index contributed by atoms with van der Waals surface area (Å²) in [4.78, 5) is 29.1. The molecule has 1 aromatic carbocycles. The topological polar surface area (TPSA) is 74.1 Å². The van der Waals surface area contributed by atoms with Gasteiger partial charge < -0.3 is 4.74 Å². The molecule has 3 rings (SSSR count). The molecule has 0 N–H and O–H groups in total. The van der Waals surface area contributed by atoms with Crippen molar-refractivity contribution in [3.63, 3.8) is 0 Å². The predicted molar refractivity (Wildman–Crippen MR) is 108 cm³/mol. The zero-order chi connectivity index (χ0) is 21.9. The van der Waals surface area contributed by atoms with E-state index in [1.54, 1.807) is 31.3 Å². The molecule has 0 spiro atoms. The number of Topliss-reactive ketones (excluding diaryl/α,β-unsaturated/α-hetero) is 1. The standard InChI is InChI=1S/C22H21F2N3O3/c1-14(19(28)12-15-4-6-17(7-5-15)22(2,23)24)27-21(29)9-8-18(26-27)16-10-11-25-20(13-16)30-3/h4-11,13-14H,12H2,1-3H3. The summed E-state index contributed by atoms with van der Waals surface area (Å²) in [7, 11) is 1.50. The Morgan fingerprint density at radius 1 is 1.17 bits per heavy atom. The number of carbonyl (C=O) groups is 1. The normalized spacial score (nSPS) is 12.4. The Labute approximate surface area is 172 Å². The highest BCUT2D eigenvalue weighted by Crippen LogP contribution is 2.27. The summed E-state index contributed by atoms with van der Waals surface area (Å²) in [5.41, 5.74) is 1.23. The largest absolute Gasteiger partial charge is 0.481 e. The van der Waals surface area contributed by atoms with E-state index in [4.69, 9.17) is 4.74 Å². The fraction of sp³-hybridized carbons (Fsp3) is 0.273. The highest BCUT2D eigenvalue weighted by molar-refractivity contribution is 5.84. The van der Waals surface area contributed by atoms with Gasteiger partial charge in [0.2, 0.25) is 5.88 Å². The Bertz CT molecular complexity index is 1110. The molecule has 0 saturated heterocycles. The van der Waals surface area contributed by atoms with E-state index in [0.29, 0.717) is 22.7 Å². The van der Waals surface area contributed by atoms with Crippen molar-refractivity contribution < 1.29 is 18.3 Å². The van der Waals surface area contributed by atoms with Gasteiger partial charge in [0, 0.05) is 42.8 Å². The molecule has 0 amide bonds. The maximum atomic E-state index is 13.3. The Balaban J connectivity index is 1.82. The number of hydrogen-bond donors (Lipinski definition) is 0. The zero-order valence-electron chi connectivity index (χ0n) is 16.8. The molecule has 0 fully saturated rings. The summed E-state index contributed by atoms with van der Waals surface area (Å²) in [6, 6.07) is 11.1. The number of nitrogens with zero attached hydrogens (tertiary/aromatic N) is 3. The van der Waals surface area contributed by atoms with Gasteiger partial charge in [0.15, 0.2) is 5.78 Å². The Kier molecular flexibility index (Phi) is 6.05. The lowest BCUT2D eigenvalue weighted by molar-refractivity contribution is -0.121. The monoisotopic (exact) mass is 413 g/mol. The van der Waals surface area contributed by atoms with Gasteiger partial charge in [0.05, 0.1) is 12.8 Å². The van der Waals surface area contributed by atoms with Gasteiger partial charge >= 0.3 is 0 Å². The second kappa shape index (κ2) is 8.52. The van der Waals surface area contributed by atoms with Crippen molar-refractivity contribution in [2.24, 2.45) is 0 Å².